The summed E-state index contributed by atoms with van der Waals surface area (Å²) >= 11 is 0. The molecule has 0 aromatic carbocycles. The fourth-order valence-corrected chi connectivity index (χ4v) is 0.763. The zero-order valence-corrected chi connectivity index (χ0v) is 7.24. The third kappa shape index (κ3) is 2.54. The predicted octanol–water partition coefficient (Wildman–Crippen LogP) is -0.206. The lowest BCUT2D eigenvalue weighted by Crippen LogP contribution is -2.27. The molecule has 76 valence electrons. The summed E-state index contributed by atoms with van der Waals surface area (Å²) in [6, 6.07) is -0.295. The first-order valence-corrected chi connectivity index (χ1v) is 3.75. The summed E-state index contributed by atoms with van der Waals surface area (Å²) in [6.45, 7) is 1.34. The van der Waals surface area contributed by atoms with E-state index in [0.717, 1.165) is 0 Å². The summed E-state index contributed by atoms with van der Waals surface area (Å²) in [7, 11) is 0. The Morgan fingerprint density at radius 2 is 2.43 bits per heavy atom. The number of carboxylic acids is 1. The highest BCUT2D eigenvalue weighted by atomic mass is 19.1. The molecule has 0 saturated heterocycles. The predicted molar refractivity (Wildman–Crippen MR) is 45.5 cm³/mol. The molecule has 1 rings (SSSR count). The van der Waals surface area contributed by atoms with E-state index < -0.39 is 23.5 Å². The largest absolute Gasteiger partial charge is 0.480 e. The number of anilines is 1. The molecule has 0 aliphatic heterocycles. The molecule has 0 radical (unpaired) electrons. The molecular formula is C7H8FN3O3. The molecule has 14 heavy (non-hydrogen) atoms. The van der Waals surface area contributed by atoms with Crippen molar-refractivity contribution in [1.82, 2.24) is 9.97 Å². The third-order valence-corrected chi connectivity index (χ3v) is 1.43. The van der Waals surface area contributed by atoms with Crippen LogP contribution >= 0.6 is 0 Å². The van der Waals surface area contributed by atoms with Crippen molar-refractivity contribution in [3.63, 3.8) is 0 Å². The Kier molecular flexibility index (Phi) is 2.80. The second kappa shape index (κ2) is 3.86. The van der Waals surface area contributed by atoms with Gasteiger partial charge < -0.3 is 10.4 Å². The number of aromatic amines is 1. The maximum atomic E-state index is 12.6. The number of aliphatic carboxylic acids is 1. The highest BCUT2D eigenvalue weighted by molar-refractivity contribution is 5.75. The Bertz CT molecular complexity index is 403. The van der Waals surface area contributed by atoms with Gasteiger partial charge in [0, 0.05) is 0 Å². The van der Waals surface area contributed by atoms with Crippen LogP contribution in [0.25, 0.3) is 0 Å². The highest BCUT2D eigenvalue weighted by Crippen LogP contribution is 1.98. The van der Waals surface area contributed by atoms with E-state index in [2.05, 4.69) is 15.3 Å². The van der Waals surface area contributed by atoms with E-state index in [1.165, 1.54) is 6.92 Å². The topological polar surface area (TPSA) is 95.1 Å². The van der Waals surface area contributed by atoms with E-state index in [1.807, 2.05) is 0 Å². The average Bonchev–Trinajstić information content (AvgIpc) is 2.01. The summed E-state index contributed by atoms with van der Waals surface area (Å²) in [5, 5.41) is 10.8. The van der Waals surface area contributed by atoms with Gasteiger partial charge in [-0.1, -0.05) is 0 Å². The van der Waals surface area contributed by atoms with Gasteiger partial charge in [0.05, 0.1) is 6.07 Å². The van der Waals surface area contributed by atoms with Crippen molar-refractivity contribution < 1.29 is 14.3 Å². The average molecular weight is 201 g/mol. The van der Waals surface area contributed by atoms with Crippen LogP contribution in [0.4, 0.5) is 10.3 Å². The van der Waals surface area contributed by atoms with Crippen molar-refractivity contribution in [1.29, 1.82) is 0 Å². The van der Waals surface area contributed by atoms with Gasteiger partial charge in [0.1, 0.15) is 6.04 Å². The van der Waals surface area contributed by atoms with E-state index >= 15 is 0 Å². The molecular weight excluding hydrogens is 193 g/mol. The number of aromatic nitrogens is 2. The quantitative estimate of drug-likeness (QED) is 0.588. The van der Waals surface area contributed by atoms with Gasteiger partial charge in [-0.05, 0) is 6.92 Å². The molecule has 0 saturated carbocycles. The monoisotopic (exact) mass is 201 g/mol. The van der Waals surface area contributed by atoms with Gasteiger partial charge in [0.25, 0.3) is 5.56 Å². The lowest BCUT2D eigenvalue weighted by atomic mass is 10.3. The summed E-state index contributed by atoms with van der Waals surface area (Å²) < 4.78 is 12.6. The van der Waals surface area contributed by atoms with Gasteiger partial charge in [-0.2, -0.15) is 9.37 Å². The van der Waals surface area contributed by atoms with Crippen LogP contribution in [0.2, 0.25) is 0 Å². The van der Waals surface area contributed by atoms with Crippen LogP contribution in [0.5, 0.6) is 0 Å². The zero-order chi connectivity index (χ0) is 10.7. The van der Waals surface area contributed by atoms with Crippen molar-refractivity contribution in [3.8, 4) is 0 Å². The number of rotatable bonds is 3. The first kappa shape index (κ1) is 10.2. The molecule has 0 spiro atoms. The molecule has 3 N–H and O–H groups in total. The number of carbonyl (C=O) groups is 1. The molecule has 1 aromatic heterocycles. The van der Waals surface area contributed by atoms with Crippen molar-refractivity contribution in [2.75, 3.05) is 5.32 Å². The molecule has 0 aliphatic carbocycles. The number of hydrogen-bond donors (Lipinski definition) is 3. The summed E-state index contributed by atoms with van der Waals surface area (Å²) in [6.07, 6.45) is 0. The molecule has 0 aliphatic rings. The zero-order valence-electron chi connectivity index (χ0n) is 7.24. The number of nitrogens with one attached hydrogen (secondary N) is 2. The lowest BCUT2D eigenvalue weighted by Gasteiger charge is -2.08. The summed E-state index contributed by atoms with van der Waals surface area (Å²) in [5.74, 6) is -2.30. The maximum Gasteiger partial charge on any atom is 0.325 e. The van der Waals surface area contributed by atoms with Gasteiger partial charge in [-0.15, -0.1) is 0 Å². The van der Waals surface area contributed by atoms with Gasteiger partial charge in [0.15, 0.2) is 0 Å². The first-order valence-electron chi connectivity index (χ1n) is 3.75. The SMILES string of the molecule is C[C@@H](Nc1nc(F)cc(=O)[nH]1)C(=O)O. The van der Waals surface area contributed by atoms with E-state index in [9.17, 15) is 14.0 Å². The lowest BCUT2D eigenvalue weighted by molar-refractivity contribution is -0.137. The van der Waals surface area contributed by atoms with Gasteiger partial charge in [-0.3, -0.25) is 14.6 Å². The number of carboxylic acid groups (broad SMARTS) is 1. The van der Waals surface area contributed by atoms with Crippen molar-refractivity contribution >= 4 is 11.9 Å². The minimum Gasteiger partial charge on any atom is -0.480 e. The van der Waals surface area contributed by atoms with Gasteiger partial charge in [-0.25, -0.2) is 0 Å². The summed E-state index contributed by atoms with van der Waals surface area (Å²) in [5.41, 5.74) is -0.683. The third-order valence-electron chi connectivity index (χ3n) is 1.43. The smallest absolute Gasteiger partial charge is 0.325 e. The van der Waals surface area contributed by atoms with Crippen LogP contribution in [0.3, 0.4) is 0 Å². The summed E-state index contributed by atoms with van der Waals surface area (Å²) in [4.78, 5) is 26.5. The van der Waals surface area contributed by atoms with Crippen LogP contribution in [0.1, 0.15) is 6.92 Å². The number of H-pyrrole nitrogens is 1. The number of hydrogen-bond acceptors (Lipinski definition) is 4. The highest BCUT2D eigenvalue weighted by Gasteiger charge is 2.11. The van der Waals surface area contributed by atoms with Crippen molar-refractivity contribution in [2.45, 2.75) is 13.0 Å². The number of halogens is 1. The minimum atomic E-state index is -1.13. The normalized spacial score (nSPS) is 12.1. The molecule has 7 heteroatoms. The molecule has 0 bridgehead atoms. The Morgan fingerprint density at radius 1 is 1.79 bits per heavy atom. The Hall–Kier alpha value is -1.92. The second-order valence-electron chi connectivity index (χ2n) is 2.62. The Labute approximate surface area is 77.8 Å². The fraction of sp³-hybridized carbons (Fsp3) is 0.286. The molecule has 0 fully saturated rings. The molecule has 0 unspecified atom stereocenters. The Morgan fingerprint density at radius 3 is 2.93 bits per heavy atom. The van der Waals surface area contributed by atoms with Gasteiger partial charge in [0.2, 0.25) is 11.9 Å². The molecule has 1 heterocycles. The molecule has 1 aromatic rings. The van der Waals surface area contributed by atoms with E-state index in [-0.39, 0.29) is 5.95 Å². The van der Waals surface area contributed by atoms with Crippen LogP contribution in [-0.2, 0) is 4.79 Å². The van der Waals surface area contributed by atoms with Crippen LogP contribution in [-0.4, -0.2) is 27.1 Å². The standard InChI is InChI=1S/C7H8FN3O3/c1-3(6(13)14)9-7-10-4(8)2-5(12)11-7/h2-3H,1H3,(H,13,14)(H2,9,10,11,12)/t3-/m1/s1. The molecule has 6 nitrogen and oxygen atoms in total. The van der Waals surface area contributed by atoms with Crippen LogP contribution in [0.15, 0.2) is 10.9 Å². The molecule has 0 amide bonds. The number of nitrogens with zero attached hydrogens (tertiary/aromatic N) is 1. The Balaban J connectivity index is 2.87. The second-order valence-corrected chi connectivity index (χ2v) is 2.62. The van der Waals surface area contributed by atoms with Gasteiger partial charge >= 0.3 is 5.97 Å². The van der Waals surface area contributed by atoms with E-state index in [0.29, 0.717) is 6.07 Å². The minimum absolute atomic E-state index is 0.204. The van der Waals surface area contributed by atoms with Crippen LogP contribution < -0.4 is 10.9 Å². The van der Waals surface area contributed by atoms with Crippen molar-refractivity contribution in [2.24, 2.45) is 0 Å². The fourth-order valence-electron chi connectivity index (χ4n) is 0.763. The maximum absolute atomic E-state index is 12.6. The van der Waals surface area contributed by atoms with Crippen molar-refractivity contribution in [3.05, 3.63) is 22.4 Å². The first-order chi connectivity index (χ1) is 6.49. The van der Waals surface area contributed by atoms with E-state index in [1.54, 1.807) is 0 Å². The molecule has 1 atom stereocenters. The van der Waals surface area contributed by atoms with E-state index in [4.69, 9.17) is 5.11 Å². The van der Waals surface area contributed by atoms with Crippen LogP contribution in [0, 0.1) is 5.95 Å².